The number of aromatic nitrogens is 2. The van der Waals surface area contributed by atoms with Crippen LogP contribution in [0.1, 0.15) is 49.6 Å². The number of rotatable bonds is 8. The lowest BCUT2D eigenvalue weighted by atomic mass is 9.85. The average Bonchev–Trinajstić information content (AvgIpc) is 3.48. The summed E-state index contributed by atoms with van der Waals surface area (Å²) in [7, 11) is 0. The Hall–Kier alpha value is -4.42. The lowest BCUT2D eigenvalue weighted by Crippen LogP contribution is -2.56. The lowest BCUT2D eigenvalue weighted by Gasteiger charge is -2.38. The third-order valence-corrected chi connectivity index (χ3v) is 6.78. The molecule has 1 fully saturated rings. The van der Waals surface area contributed by atoms with Gasteiger partial charge in [0.25, 0.3) is 0 Å². The number of nitrogens with zero attached hydrogens (tertiary/aromatic N) is 3. The molecule has 218 valence electrons. The molecule has 1 saturated heterocycles. The van der Waals surface area contributed by atoms with E-state index in [2.05, 4.69) is 25.3 Å². The van der Waals surface area contributed by atoms with E-state index in [-0.39, 0.29) is 24.9 Å². The van der Waals surface area contributed by atoms with Crippen molar-refractivity contribution in [2.45, 2.75) is 57.4 Å². The molecule has 4 rings (SSSR count). The molecule has 3 atom stereocenters. The second-order valence-corrected chi connectivity index (χ2v) is 9.61. The second kappa shape index (κ2) is 12.8. The molecule has 2 heterocycles. The quantitative estimate of drug-likeness (QED) is 0.412. The first-order chi connectivity index (χ1) is 19.6. The van der Waals surface area contributed by atoms with E-state index < -0.39 is 42.1 Å². The number of amides is 3. The van der Waals surface area contributed by atoms with Crippen molar-refractivity contribution in [2.24, 2.45) is 0 Å². The van der Waals surface area contributed by atoms with Crippen molar-refractivity contribution >= 4 is 17.9 Å². The van der Waals surface area contributed by atoms with E-state index in [1.165, 1.54) is 24.0 Å². The van der Waals surface area contributed by atoms with Crippen LogP contribution >= 0.6 is 0 Å². The van der Waals surface area contributed by atoms with Crippen LogP contribution in [0.5, 0.6) is 0 Å². The summed E-state index contributed by atoms with van der Waals surface area (Å²) in [4.78, 5) is 43.4. The highest BCUT2D eigenvalue weighted by Gasteiger charge is 2.39. The predicted octanol–water partition coefficient (Wildman–Crippen LogP) is 4.28. The standard InChI is InChI=1S/C28H30F3N5O5/c1-3-40-27(39)36-14-13-21(19-7-5-4-6-8-19)15-22(36)25(38)33-17(2)24(37)32-16-18-9-11-20(12-10-18)23-34-26(41-35-23)28(29,30)31/h4-12,17,21-22H,3,13-16H2,1-2H3,(H,32,37)(H,33,38)/t17-,21-,22+/m0/s1. The topological polar surface area (TPSA) is 127 Å². The monoisotopic (exact) mass is 573 g/mol. The van der Waals surface area contributed by atoms with Gasteiger partial charge >= 0.3 is 18.2 Å². The van der Waals surface area contributed by atoms with Gasteiger partial charge in [0, 0.05) is 18.7 Å². The average molecular weight is 574 g/mol. The number of halogens is 3. The number of ether oxygens (including phenoxy) is 1. The SMILES string of the molecule is CCOC(=O)N1CC[C@H](c2ccccc2)C[C@@H]1C(=O)N[C@@H](C)C(=O)NCc1ccc(-c2noc(C(F)(F)F)n2)cc1. The van der Waals surface area contributed by atoms with Gasteiger partial charge in [0.05, 0.1) is 6.61 Å². The Kier molecular flexibility index (Phi) is 9.25. The molecule has 10 nitrogen and oxygen atoms in total. The molecule has 1 aromatic heterocycles. The molecule has 13 heteroatoms. The first-order valence-corrected chi connectivity index (χ1v) is 13.1. The van der Waals surface area contributed by atoms with Crippen LogP contribution in [0.15, 0.2) is 59.1 Å². The minimum Gasteiger partial charge on any atom is -0.450 e. The number of hydrogen-bond acceptors (Lipinski definition) is 7. The van der Waals surface area contributed by atoms with Crippen molar-refractivity contribution in [3.8, 4) is 11.4 Å². The number of carbonyl (C=O) groups is 3. The first-order valence-electron chi connectivity index (χ1n) is 13.1. The van der Waals surface area contributed by atoms with Gasteiger partial charge in [0.15, 0.2) is 0 Å². The van der Waals surface area contributed by atoms with Crippen LogP contribution in [-0.2, 0) is 27.0 Å². The van der Waals surface area contributed by atoms with E-state index >= 15 is 0 Å². The fourth-order valence-electron chi connectivity index (χ4n) is 4.61. The van der Waals surface area contributed by atoms with Gasteiger partial charge in [-0.25, -0.2) is 4.79 Å². The normalized spacial score (nSPS) is 17.9. The number of hydrogen-bond donors (Lipinski definition) is 2. The molecule has 0 unspecified atom stereocenters. The Balaban J connectivity index is 1.34. The zero-order valence-electron chi connectivity index (χ0n) is 22.5. The Morgan fingerprint density at radius 1 is 1.12 bits per heavy atom. The zero-order chi connectivity index (χ0) is 29.6. The molecule has 0 aliphatic carbocycles. The second-order valence-electron chi connectivity index (χ2n) is 9.61. The first kappa shape index (κ1) is 29.6. The Morgan fingerprint density at radius 2 is 1.83 bits per heavy atom. The predicted molar refractivity (Wildman–Crippen MR) is 140 cm³/mol. The van der Waals surface area contributed by atoms with Crippen molar-refractivity contribution in [3.05, 3.63) is 71.6 Å². The van der Waals surface area contributed by atoms with Gasteiger partial charge in [-0.2, -0.15) is 18.2 Å². The zero-order valence-corrected chi connectivity index (χ0v) is 22.5. The van der Waals surface area contributed by atoms with E-state index in [0.717, 1.165) is 5.56 Å². The molecule has 2 N–H and O–H groups in total. The van der Waals surface area contributed by atoms with Gasteiger partial charge in [-0.05, 0) is 43.7 Å². The number of nitrogens with one attached hydrogen (secondary N) is 2. The molecular formula is C28H30F3N5O5. The highest BCUT2D eigenvalue weighted by molar-refractivity contribution is 5.91. The molecule has 0 saturated carbocycles. The summed E-state index contributed by atoms with van der Waals surface area (Å²) in [6.07, 6.45) is -4.24. The molecule has 3 amide bonds. The highest BCUT2D eigenvalue weighted by Crippen LogP contribution is 2.32. The summed E-state index contributed by atoms with van der Waals surface area (Å²) >= 11 is 0. The Bertz CT molecular complexity index is 1350. The molecule has 0 bridgehead atoms. The Morgan fingerprint density at radius 3 is 2.46 bits per heavy atom. The largest absolute Gasteiger partial charge is 0.471 e. The number of carbonyl (C=O) groups excluding carboxylic acids is 3. The lowest BCUT2D eigenvalue weighted by molar-refractivity contribution is -0.159. The molecule has 41 heavy (non-hydrogen) atoms. The van der Waals surface area contributed by atoms with Gasteiger partial charge in [0.2, 0.25) is 17.6 Å². The summed E-state index contributed by atoms with van der Waals surface area (Å²) < 4.78 is 47.5. The van der Waals surface area contributed by atoms with E-state index in [9.17, 15) is 27.6 Å². The van der Waals surface area contributed by atoms with Crippen LogP contribution in [0.3, 0.4) is 0 Å². The molecule has 0 spiro atoms. The van der Waals surface area contributed by atoms with E-state index in [4.69, 9.17) is 4.74 Å². The minimum atomic E-state index is -4.74. The summed E-state index contributed by atoms with van der Waals surface area (Å²) in [6, 6.07) is 14.3. The minimum absolute atomic E-state index is 0.0669. The van der Waals surface area contributed by atoms with Crippen LogP contribution in [-0.4, -0.2) is 58.2 Å². The Labute approximate surface area is 234 Å². The van der Waals surface area contributed by atoms with Crippen molar-refractivity contribution in [2.75, 3.05) is 13.2 Å². The summed E-state index contributed by atoms with van der Waals surface area (Å²) in [5.74, 6) is -2.48. The third-order valence-electron chi connectivity index (χ3n) is 6.78. The fourth-order valence-corrected chi connectivity index (χ4v) is 4.61. The fraction of sp³-hybridized carbons (Fsp3) is 0.393. The summed E-state index contributed by atoms with van der Waals surface area (Å²) in [5, 5.41) is 8.78. The van der Waals surface area contributed by atoms with Crippen molar-refractivity contribution in [1.29, 1.82) is 0 Å². The van der Waals surface area contributed by atoms with Crippen molar-refractivity contribution < 1.29 is 36.8 Å². The van der Waals surface area contributed by atoms with Crippen LogP contribution in [0.2, 0.25) is 0 Å². The number of piperidine rings is 1. The smallest absolute Gasteiger partial charge is 0.450 e. The van der Waals surface area contributed by atoms with Gasteiger partial charge in [-0.1, -0.05) is 59.8 Å². The van der Waals surface area contributed by atoms with E-state index in [1.54, 1.807) is 19.1 Å². The maximum atomic E-state index is 13.3. The third kappa shape index (κ3) is 7.41. The van der Waals surface area contributed by atoms with Crippen LogP contribution in [0, 0.1) is 0 Å². The number of benzene rings is 2. The van der Waals surface area contributed by atoms with Gasteiger partial charge < -0.3 is 19.9 Å². The highest BCUT2D eigenvalue weighted by atomic mass is 19.4. The molecule has 3 aromatic rings. The molecule has 1 aliphatic heterocycles. The van der Waals surface area contributed by atoms with E-state index in [1.807, 2.05) is 30.3 Å². The molecular weight excluding hydrogens is 543 g/mol. The van der Waals surface area contributed by atoms with Gasteiger partial charge in [-0.15, -0.1) is 0 Å². The number of alkyl halides is 3. The van der Waals surface area contributed by atoms with Crippen LogP contribution in [0.4, 0.5) is 18.0 Å². The summed E-state index contributed by atoms with van der Waals surface area (Å²) in [5.41, 5.74) is 2.05. The summed E-state index contributed by atoms with van der Waals surface area (Å²) in [6.45, 7) is 3.85. The molecule has 0 radical (unpaired) electrons. The maximum absolute atomic E-state index is 13.3. The number of likely N-dealkylation sites (tertiary alicyclic amines) is 1. The van der Waals surface area contributed by atoms with E-state index in [0.29, 0.717) is 30.5 Å². The van der Waals surface area contributed by atoms with Crippen LogP contribution in [0.25, 0.3) is 11.4 Å². The van der Waals surface area contributed by atoms with Crippen LogP contribution < -0.4 is 10.6 Å². The van der Waals surface area contributed by atoms with Gasteiger partial charge in [0.1, 0.15) is 12.1 Å². The maximum Gasteiger partial charge on any atom is 0.471 e. The molecule has 2 aromatic carbocycles. The van der Waals surface area contributed by atoms with Gasteiger partial charge in [-0.3, -0.25) is 14.5 Å². The molecule has 1 aliphatic rings. The van der Waals surface area contributed by atoms with Crippen molar-refractivity contribution in [3.63, 3.8) is 0 Å². The van der Waals surface area contributed by atoms with Crippen molar-refractivity contribution in [1.82, 2.24) is 25.7 Å².